The first-order valence-electron chi connectivity index (χ1n) is 6.43. The molecular formula is C13H18N2O3S. The van der Waals surface area contributed by atoms with Gasteiger partial charge in [0.05, 0.1) is 4.90 Å². The van der Waals surface area contributed by atoms with Gasteiger partial charge < -0.3 is 5.32 Å². The molecule has 1 aliphatic carbocycles. The van der Waals surface area contributed by atoms with Crippen molar-refractivity contribution in [2.75, 3.05) is 5.32 Å². The Morgan fingerprint density at radius 1 is 1.37 bits per heavy atom. The highest BCUT2D eigenvalue weighted by molar-refractivity contribution is 7.89. The normalized spacial score (nSPS) is 15.2. The van der Waals surface area contributed by atoms with Crippen LogP contribution in [0.4, 0.5) is 5.69 Å². The average Bonchev–Trinajstić information content (AvgIpc) is 3.13. The molecule has 1 amide bonds. The Balaban J connectivity index is 2.11. The fraction of sp³-hybridized carbons (Fsp3) is 0.462. The first-order chi connectivity index (χ1) is 9.01. The van der Waals surface area contributed by atoms with E-state index in [2.05, 4.69) is 10.0 Å². The van der Waals surface area contributed by atoms with Crippen LogP contribution in [0.3, 0.4) is 0 Å². The van der Waals surface area contributed by atoms with Crippen LogP contribution < -0.4 is 10.0 Å². The van der Waals surface area contributed by atoms with Crippen molar-refractivity contribution < 1.29 is 13.2 Å². The minimum Gasteiger partial charge on any atom is -0.326 e. The van der Waals surface area contributed by atoms with Gasteiger partial charge in [0, 0.05) is 18.2 Å². The summed E-state index contributed by atoms with van der Waals surface area (Å²) in [6.07, 6.45) is 2.97. The summed E-state index contributed by atoms with van der Waals surface area (Å²) in [6.45, 7) is 1.92. The zero-order valence-electron chi connectivity index (χ0n) is 10.8. The molecule has 5 nitrogen and oxygen atoms in total. The first-order valence-corrected chi connectivity index (χ1v) is 7.92. The smallest absolute Gasteiger partial charge is 0.240 e. The van der Waals surface area contributed by atoms with Gasteiger partial charge in [0.1, 0.15) is 0 Å². The van der Waals surface area contributed by atoms with Gasteiger partial charge in [-0.1, -0.05) is 13.0 Å². The quantitative estimate of drug-likeness (QED) is 0.836. The predicted molar refractivity (Wildman–Crippen MR) is 73.3 cm³/mol. The minimum atomic E-state index is -3.47. The summed E-state index contributed by atoms with van der Waals surface area (Å²) >= 11 is 0. The van der Waals surface area contributed by atoms with Crippen molar-refractivity contribution in [3.63, 3.8) is 0 Å². The number of anilines is 1. The largest absolute Gasteiger partial charge is 0.326 e. The first kappa shape index (κ1) is 14.0. The number of hydrogen-bond donors (Lipinski definition) is 2. The maximum absolute atomic E-state index is 12.0. The third-order valence-electron chi connectivity index (χ3n) is 2.80. The molecule has 0 radical (unpaired) electrons. The second-order valence-electron chi connectivity index (χ2n) is 4.72. The highest BCUT2D eigenvalue weighted by Gasteiger charge is 2.28. The van der Waals surface area contributed by atoms with Crippen molar-refractivity contribution in [3.05, 3.63) is 24.3 Å². The maximum Gasteiger partial charge on any atom is 0.240 e. The molecule has 0 saturated heterocycles. The van der Waals surface area contributed by atoms with E-state index in [1.165, 1.54) is 12.1 Å². The van der Waals surface area contributed by atoms with E-state index < -0.39 is 10.0 Å². The minimum absolute atomic E-state index is 0.0725. The van der Waals surface area contributed by atoms with Crippen molar-refractivity contribution in [2.24, 2.45) is 0 Å². The van der Waals surface area contributed by atoms with Crippen LogP contribution in [0.5, 0.6) is 0 Å². The van der Waals surface area contributed by atoms with E-state index in [4.69, 9.17) is 0 Å². The molecule has 0 aliphatic heterocycles. The van der Waals surface area contributed by atoms with Crippen molar-refractivity contribution in [3.8, 4) is 0 Å². The van der Waals surface area contributed by atoms with E-state index in [1.54, 1.807) is 12.1 Å². The van der Waals surface area contributed by atoms with Gasteiger partial charge in [-0.3, -0.25) is 4.79 Å². The van der Waals surface area contributed by atoms with Crippen LogP contribution in [0.1, 0.15) is 32.6 Å². The molecule has 6 heteroatoms. The molecule has 1 fully saturated rings. The molecule has 1 saturated carbocycles. The number of carbonyl (C=O) groups is 1. The Labute approximate surface area is 113 Å². The standard InChI is InChI=1S/C13H18N2O3S/c1-2-4-13(16)14-11-5-3-6-12(9-11)19(17,18)15-10-7-8-10/h3,5-6,9-10,15H,2,4,7-8H2,1H3,(H,14,16). The molecule has 2 rings (SSSR count). The fourth-order valence-corrected chi connectivity index (χ4v) is 3.03. The Morgan fingerprint density at radius 2 is 2.11 bits per heavy atom. The lowest BCUT2D eigenvalue weighted by Gasteiger charge is -2.08. The van der Waals surface area contributed by atoms with Crippen LogP contribution in [0.15, 0.2) is 29.2 Å². The lowest BCUT2D eigenvalue weighted by Crippen LogP contribution is -2.25. The van der Waals surface area contributed by atoms with Gasteiger partial charge in [0.25, 0.3) is 0 Å². The van der Waals surface area contributed by atoms with Crippen LogP contribution >= 0.6 is 0 Å². The summed E-state index contributed by atoms with van der Waals surface area (Å²) in [4.78, 5) is 11.7. The second kappa shape index (κ2) is 5.71. The van der Waals surface area contributed by atoms with E-state index in [-0.39, 0.29) is 16.8 Å². The highest BCUT2D eigenvalue weighted by atomic mass is 32.2. The van der Waals surface area contributed by atoms with Crippen molar-refractivity contribution >= 4 is 21.6 Å². The number of carbonyl (C=O) groups excluding carboxylic acids is 1. The molecular weight excluding hydrogens is 264 g/mol. The Morgan fingerprint density at radius 3 is 2.74 bits per heavy atom. The Kier molecular flexibility index (Phi) is 4.21. The number of benzene rings is 1. The topological polar surface area (TPSA) is 75.3 Å². The fourth-order valence-electron chi connectivity index (χ4n) is 1.68. The van der Waals surface area contributed by atoms with Gasteiger partial charge in [-0.25, -0.2) is 13.1 Å². The molecule has 0 spiro atoms. The molecule has 0 aromatic heterocycles. The summed E-state index contributed by atoms with van der Waals surface area (Å²) in [5, 5.41) is 2.69. The Bertz CT molecular complexity index is 565. The zero-order chi connectivity index (χ0) is 13.9. The molecule has 19 heavy (non-hydrogen) atoms. The summed E-state index contributed by atoms with van der Waals surface area (Å²) in [6, 6.07) is 6.40. The summed E-state index contributed by atoms with van der Waals surface area (Å²) in [5.74, 6) is -0.104. The van der Waals surface area contributed by atoms with E-state index in [1.807, 2.05) is 6.92 Å². The van der Waals surface area contributed by atoms with Crippen molar-refractivity contribution in [2.45, 2.75) is 43.5 Å². The molecule has 0 bridgehead atoms. The van der Waals surface area contributed by atoms with Gasteiger partial charge in [0.2, 0.25) is 15.9 Å². The monoisotopic (exact) mass is 282 g/mol. The lowest BCUT2D eigenvalue weighted by atomic mass is 10.3. The van der Waals surface area contributed by atoms with Crippen LogP contribution in [-0.4, -0.2) is 20.4 Å². The van der Waals surface area contributed by atoms with E-state index in [9.17, 15) is 13.2 Å². The third-order valence-corrected chi connectivity index (χ3v) is 4.32. The van der Waals surface area contributed by atoms with Crippen molar-refractivity contribution in [1.29, 1.82) is 0 Å². The number of rotatable bonds is 6. The zero-order valence-corrected chi connectivity index (χ0v) is 11.7. The van der Waals surface area contributed by atoms with Crippen LogP contribution in [0.25, 0.3) is 0 Å². The molecule has 0 atom stereocenters. The van der Waals surface area contributed by atoms with Crippen LogP contribution in [-0.2, 0) is 14.8 Å². The van der Waals surface area contributed by atoms with Gasteiger partial charge in [0.15, 0.2) is 0 Å². The molecule has 1 aromatic rings. The maximum atomic E-state index is 12.0. The molecule has 1 aromatic carbocycles. The Hall–Kier alpha value is -1.40. The van der Waals surface area contributed by atoms with Crippen LogP contribution in [0.2, 0.25) is 0 Å². The van der Waals surface area contributed by atoms with Gasteiger partial charge >= 0.3 is 0 Å². The number of sulfonamides is 1. The lowest BCUT2D eigenvalue weighted by molar-refractivity contribution is -0.116. The number of hydrogen-bond acceptors (Lipinski definition) is 3. The predicted octanol–water partition coefficient (Wildman–Crippen LogP) is 1.87. The van der Waals surface area contributed by atoms with Crippen molar-refractivity contribution in [1.82, 2.24) is 4.72 Å². The highest BCUT2D eigenvalue weighted by Crippen LogP contribution is 2.23. The summed E-state index contributed by atoms with van der Waals surface area (Å²) < 4.78 is 26.7. The average molecular weight is 282 g/mol. The van der Waals surface area contributed by atoms with Gasteiger partial charge in [-0.15, -0.1) is 0 Å². The summed E-state index contributed by atoms with van der Waals surface area (Å²) in [5.41, 5.74) is 0.511. The van der Waals surface area contributed by atoms with E-state index in [0.717, 1.165) is 19.3 Å². The van der Waals surface area contributed by atoms with Gasteiger partial charge in [-0.05, 0) is 37.5 Å². The number of nitrogens with one attached hydrogen (secondary N) is 2. The second-order valence-corrected chi connectivity index (χ2v) is 6.44. The molecule has 1 aliphatic rings. The molecule has 2 N–H and O–H groups in total. The molecule has 0 unspecified atom stereocenters. The molecule has 104 valence electrons. The van der Waals surface area contributed by atoms with E-state index in [0.29, 0.717) is 12.1 Å². The van der Waals surface area contributed by atoms with Crippen LogP contribution in [0, 0.1) is 0 Å². The van der Waals surface area contributed by atoms with E-state index >= 15 is 0 Å². The molecule has 0 heterocycles. The SMILES string of the molecule is CCCC(=O)Nc1cccc(S(=O)(=O)NC2CC2)c1. The van der Waals surface area contributed by atoms with Gasteiger partial charge in [-0.2, -0.15) is 0 Å². The summed E-state index contributed by atoms with van der Waals surface area (Å²) in [7, 11) is -3.47. The third kappa shape index (κ3) is 4.04. The number of amides is 1.